The lowest BCUT2D eigenvalue weighted by Gasteiger charge is -2.13. The smallest absolute Gasteiger partial charge is 0.300 e. The Balaban J connectivity index is 1.68. The van der Waals surface area contributed by atoms with E-state index >= 15 is 0 Å². The number of aryl methyl sites for hydroxylation is 1. The van der Waals surface area contributed by atoms with E-state index < -0.39 is 10.2 Å². The molecule has 9 heteroatoms. The summed E-state index contributed by atoms with van der Waals surface area (Å²) in [5, 5.41) is 0.932. The second kappa shape index (κ2) is 9.04. The van der Waals surface area contributed by atoms with Gasteiger partial charge in [0.15, 0.2) is 0 Å². The van der Waals surface area contributed by atoms with Crippen molar-refractivity contribution in [1.82, 2.24) is 14.6 Å². The van der Waals surface area contributed by atoms with Crippen LogP contribution in [0.15, 0.2) is 47.0 Å². The molecule has 0 atom stereocenters. The molecule has 0 aliphatic heterocycles. The number of amides is 1. The fourth-order valence-corrected chi connectivity index (χ4v) is 3.40. The van der Waals surface area contributed by atoms with Crippen molar-refractivity contribution in [2.24, 2.45) is 0 Å². The third kappa shape index (κ3) is 5.12. The number of nitrogens with zero attached hydrogens (tertiary/aromatic N) is 2. The molecule has 8 nitrogen and oxygen atoms in total. The molecule has 160 valence electrons. The molecule has 0 aliphatic carbocycles. The summed E-state index contributed by atoms with van der Waals surface area (Å²) in [6.45, 7) is 2.22. The number of carbonyl (C=O) groups is 1. The van der Waals surface area contributed by atoms with Crippen LogP contribution in [0, 0.1) is 19.3 Å². The Bertz CT molecular complexity index is 1290. The first-order valence-corrected chi connectivity index (χ1v) is 10.8. The van der Waals surface area contributed by atoms with Crippen molar-refractivity contribution in [3.05, 3.63) is 65.1 Å². The highest BCUT2D eigenvalue weighted by atomic mass is 32.2. The second-order valence-corrected chi connectivity index (χ2v) is 8.41. The fraction of sp³-hybridized carbons (Fsp3) is 0.182. The Morgan fingerprint density at radius 1 is 1.32 bits per heavy atom. The third-order valence-corrected chi connectivity index (χ3v) is 5.70. The molecule has 31 heavy (non-hydrogen) atoms. The van der Waals surface area contributed by atoms with Crippen LogP contribution in [0.3, 0.4) is 0 Å². The molecule has 2 N–H and O–H groups in total. The van der Waals surface area contributed by atoms with Crippen molar-refractivity contribution in [1.29, 1.82) is 0 Å². The molecule has 0 unspecified atom stereocenters. The van der Waals surface area contributed by atoms with Gasteiger partial charge in [0.2, 0.25) is 5.91 Å². The van der Waals surface area contributed by atoms with Crippen LogP contribution in [0.2, 0.25) is 0 Å². The third-order valence-electron chi connectivity index (χ3n) is 4.69. The number of aromatic nitrogens is 1. The quantitative estimate of drug-likeness (QED) is 0.436. The van der Waals surface area contributed by atoms with Gasteiger partial charge < -0.3 is 9.32 Å². The topological polar surface area (TPSA) is 105 Å². The number of rotatable bonds is 7. The van der Waals surface area contributed by atoms with Gasteiger partial charge in [-0.05, 0) is 36.8 Å². The minimum absolute atomic E-state index is 0.168. The lowest BCUT2D eigenvalue weighted by Crippen LogP contribution is -2.26. The van der Waals surface area contributed by atoms with Gasteiger partial charge in [0, 0.05) is 37.3 Å². The van der Waals surface area contributed by atoms with Crippen molar-refractivity contribution < 1.29 is 17.6 Å². The van der Waals surface area contributed by atoms with Crippen LogP contribution in [0.25, 0.3) is 17.0 Å². The molecule has 3 aromatic rings. The van der Waals surface area contributed by atoms with Crippen molar-refractivity contribution in [2.75, 3.05) is 18.8 Å². The van der Waals surface area contributed by atoms with E-state index in [0.29, 0.717) is 22.5 Å². The Labute approximate surface area is 181 Å². The van der Waals surface area contributed by atoms with Gasteiger partial charge in [-0.25, -0.2) is 9.71 Å². The molecule has 3 rings (SSSR count). The zero-order chi connectivity index (χ0) is 22.6. The number of hydrogen-bond acceptors (Lipinski definition) is 5. The molecule has 1 aromatic carbocycles. The number of likely N-dealkylation sites (N-methyl/N-ethyl adjacent to an activating group) is 1. The van der Waals surface area contributed by atoms with Gasteiger partial charge in [0.25, 0.3) is 10.2 Å². The molecule has 0 bridgehead atoms. The number of para-hydroxylation sites is 1. The lowest BCUT2D eigenvalue weighted by molar-refractivity contribution is -0.125. The zero-order valence-electron chi connectivity index (χ0n) is 17.3. The van der Waals surface area contributed by atoms with Crippen molar-refractivity contribution in [2.45, 2.75) is 13.5 Å². The highest BCUT2D eigenvalue weighted by molar-refractivity contribution is 7.90. The standard InChI is InChI=1S/C22H22N4O4S/c1-5-17-7-6-8-18-15(2)19(30-22(17)18)14-26(4)21(27)12-10-16-9-11-20(24-13-16)25-31(28,29)23-3/h1,6-13,23H,14H2,2-4H3,(H,24,25)/b12-10+. The van der Waals surface area contributed by atoms with E-state index in [2.05, 4.69) is 20.3 Å². The van der Waals surface area contributed by atoms with Crippen LogP contribution >= 0.6 is 0 Å². The molecular formula is C22H22N4O4S. The van der Waals surface area contributed by atoms with Crippen LogP contribution < -0.4 is 9.44 Å². The van der Waals surface area contributed by atoms with Crippen molar-refractivity contribution >= 4 is 39.0 Å². The largest absolute Gasteiger partial charge is 0.458 e. The summed E-state index contributed by atoms with van der Waals surface area (Å²) >= 11 is 0. The van der Waals surface area contributed by atoms with Gasteiger partial charge in [-0.3, -0.25) is 9.52 Å². The molecule has 0 aliphatic rings. The number of pyridine rings is 1. The summed E-state index contributed by atoms with van der Waals surface area (Å²) in [5.74, 6) is 3.23. The molecule has 0 fully saturated rings. The second-order valence-electron chi connectivity index (χ2n) is 6.79. The van der Waals surface area contributed by atoms with E-state index in [-0.39, 0.29) is 18.3 Å². The number of anilines is 1. The van der Waals surface area contributed by atoms with E-state index in [1.54, 1.807) is 19.2 Å². The maximum Gasteiger partial charge on any atom is 0.300 e. The van der Waals surface area contributed by atoms with Crippen LogP contribution in [-0.2, 0) is 21.5 Å². The Morgan fingerprint density at radius 3 is 2.74 bits per heavy atom. The SMILES string of the molecule is C#Cc1cccc2c(C)c(CN(C)C(=O)/C=C/c3ccc(NS(=O)(=O)NC)nc3)oc12. The normalized spacial score (nSPS) is 11.5. The zero-order valence-corrected chi connectivity index (χ0v) is 18.2. The fourth-order valence-electron chi connectivity index (χ4n) is 2.90. The molecule has 2 heterocycles. The van der Waals surface area contributed by atoms with Crippen molar-refractivity contribution in [3.63, 3.8) is 0 Å². The number of terminal acetylenes is 1. The van der Waals surface area contributed by atoms with E-state index in [1.807, 2.05) is 25.1 Å². The number of furan rings is 1. The molecule has 0 spiro atoms. The van der Waals surface area contributed by atoms with E-state index in [9.17, 15) is 13.2 Å². The Morgan fingerprint density at radius 2 is 2.10 bits per heavy atom. The minimum atomic E-state index is -3.63. The van der Waals surface area contributed by atoms with Crippen LogP contribution in [0.1, 0.15) is 22.5 Å². The first-order valence-electron chi connectivity index (χ1n) is 9.32. The maximum atomic E-state index is 12.5. The molecule has 0 radical (unpaired) electrons. The molecule has 0 saturated carbocycles. The van der Waals surface area contributed by atoms with Crippen LogP contribution in [-0.4, -0.2) is 38.3 Å². The number of nitrogens with one attached hydrogen (secondary N) is 2. The summed E-state index contributed by atoms with van der Waals surface area (Å²) < 4.78 is 33.3. The first-order chi connectivity index (χ1) is 14.7. The van der Waals surface area contributed by atoms with Gasteiger partial charge >= 0.3 is 0 Å². The van der Waals surface area contributed by atoms with Crippen LogP contribution in [0.4, 0.5) is 5.82 Å². The van der Waals surface area contributed by atoms with Gasteiger partial charge in [0.05, 0.1) is 12.1 Å². The predicted molar refractivity (Wildman–Crippen MR) is 120 cm³/mol. The number of fused-ring (bicyclic) bond motifs is 1. The Kier molecular flexibility index (Phi) is 6.44. The lowest BCUT2D eigenvalue weighted by atomic mass is 10.1. The van der Waals surface area contributed by atoms with E-state index in [4.69, 9.17) is 10.8 Å². The first kappa shape index (κ1) is 22.1. The summed E-state index contributed by atoms with van der Waals surface area (Å²) in [4.78, 5) is 18.1. The number of hydrogen-bond donors (Lipinski definition) is 2. The number of carbonyl (C=O) groups excluding carboxylic acids is 1. The van der Waals surface area contributed by atoms with Gasteiger partial charge in [-0.2, -0.15) is 8.42 Å². The van der Waals surface area contributed by atoms with E-state index in [0.717, 1.165) is 10.9 Å². The summed E-state index contributed by atoms with van der Waals surface area (Å²) in [5.41, 5.74) is 2.91. The minimum Gasteiger partial charge on any atom is -0.458 e. The molecular weight excluding hydrogens is 416 g/mol. The van der Waals surface area contributed by atoms with Crippen LogP contribution in [0.5, 0.6) is 0 Å². The summed E-state index contributed by atoms with van der Waals surface area (Å²) in [6.07, 6.45) is 10.0. The predicted octanol–water partition coefficient (Wildman–Crippen LogP) is 2.67. The summed E-state index contributed by atoms with van der Waals surface area (Å²) in [6, 6.07) is 8.78. The highest BCUT2D eigenvalue weighted by Crippen LogP contribution is 2.28. The van der Waals surface area contributed by atoms with Crippen molar-refractivity contribution in [3.8, 4) is 12.3 Å². The average molecular weight is 439 g/mol. The van der Waals surface area contributed by atoms with Gasteiger partial charge in [0.1, 0.15) is 17.2 Å². The number of benzene rings is 1. The average Bonchev–Trinajstić information content (AvgIpc) is 3.08. The Hall–Kier alpha value is -3.61. The van der Waals surface area contributed by atoms with E-state index in [1.165, 1.54) is 30.3 Å². The summed E-state index contributed by atoms with van der Waals surface area (Å²) in [7, 11) is -0.661. The maximum absolute atomic E-state index is 12.5. The molecule has 0 saturated heterocycles. The van der Waals surface area contributed by atoms with Gasteiger partial charge in [-0.1, -0.05) is 18.1 Å². The molecule has 1 amide bonds. The monoisotopic (exact) mass is 438 g/mol. The van der Waals surface area contributed by atoms with Gasteiger partial charge in [-0.15, -0.1) is 6.42 Å². The highest BCUT2D eigenvalue weighted by Gasteiger charge is 2.16. The molecule has 2 aromatic heterocycles.